The molecule has 4 heteroatoms. The van der Waals surface area contributed by atoms with E-state index in [4.69, 9.17) is 4.74 Å². The molecule has 2 aliphatic rings. The Bertz CT molecular complexity index is 743. The molecule has 0 saturated heterocycles. The second-order valence-corrected chi connectivity index (χ2v) is 7.35. The van der Waals surface area contributed by atoms with Crippen LogP contribution < -0.4 is 10.1 Å². The number of aromatic nitrogens is 1. The molecule has 1 aromatic carbocycles. The SMILES string of the molecule is CCOc1cccc2[nH]cc(CC(=O)NC3CC34CCCCC4)c12. The van der Waals surface area contributed by atoms with Crippen LogP contribution in [0.25, 0.3) is 10.9 Å². The molecular formula is C20H26N2O2. The van der Waals surface area contributed by atoms with E-state index < -0.39 is 0 Å². The summed E-state index contributed by atoms with van der Waals surface area (Å²) in [5.74, 6) is 0.990. The molecule has 4 nitrogen and oxygen atoms in total. The van der Waals surface area contributed by atoms with E-state index in [0.29, 0.717) is 24.5 Å². The Kier molecular flexibility index (Phi) is 3.99. The van der Waals surface area contributed by atoms with Gasteiger partial charge in [-0.1, -0.05) is 25.3 Å². The lowest BCUT2D eigenvalue weighted by molar-refractivity contribution is -0.120. The Hall–Kier alpha value is -1.97. The molecule has 1 heterocycles. The predicted molar refractivity (Wildman–Crippen MR) is 95.2 cm³/mol. The fourth-order valence-electron chi connectivity index (χ4n) is 4.41. The first-order chi connectivity index (χ1) is 11.7. The van der Waals surface area contributed by atoms with Crippen molar-refractivity contribution in [2.75, 3.05) is 6.61 Å². The predicted octanol–water partition coefficient (Wildman–Crippen LogP) is 3.95. The number of hydrogen-bond donors (Lipinski definition) is 2. The van der Waals surface area contributed by atoms with Gasteiger partial charge in [-0.25, -0.2) is 0 Å². The first kappa shape index (κ1) is 15.6. The summed E-state index contributed by atoms with van der Waals surface area (Å²) >= 11 is 0. The molecule has 0 radical (unpaired) electrons. The molecule has 1 spiro atoms. The number of H-pyrrole nitrogens is 1. The van der Waals surface area contributed by atoms with Crippen molar-refractivity contribution in [2.24, 2.45) is 5.41 Å². The summed E-state index contributed by atoms with van der Waals surface area (Å²) < 4.78 is 5.73. The van der Waals surface area contributed by atoms with E-state index in [2.05, 4.69) is 10.3 Å². The zero-order chi connectivity index (χ0) is 16.6. The van der Waals surface area contributed by atoms with Crippen molar-refractivity contribution in [1.82, 2.24) is 10.3 Å². The van der Waals surface area contributed by atoms with E-state index in [1.807, 2.05) is 31.3 Å². The minimum atomic E-state index is 0.134. The number of aromatic amines is 1. The van der Waals surface area contributed by atoms with E-state index in [9.17, 15) is 4.79 Å². The zero-order valence-electron chi connectivity index (χ0n) is 14.4. The Balaban J connectivity index is 1.45. The molecule has 2 saturated carbocycles. The summed E-state index contributed by atoms with van der Waals surface area (Å²) in [4.78, 5) is 15.8. The number of ether oxygens (including phenoxy) is 1. The zero-order valence-corrected chi connectivity index (χ0v) is 14.4. The molecular weight excluding hydrogens is 300 g/mol. The lowest BCUT2D eigenvalue weighted by atomic mass is 9.86. The maximum Gasteiger partial charge on any atom is 0.224 e. The molecule has 1 unspecified atom stereocenters. The Morgan fingerprint density at radius 3 is 2.96 bits per heavy atom. The molecule has 4 rings (SSSR count). The number of rotatable bonds is 5. The summed E-state index contributed by atoms with van der Waals surface area (Å²) in [6, 6.07) is 6.38. The van der Waals surface area contributed by atoms with Gasteiger partial charge < -0.3 is 15.0 Å². The molecule has 2 N–H and O–H groups in total. The van der Waals surface area contributed by atoms with E-state index in [-0.39, 0.29) is 5.91 Å². The first-order valence-electron chi connectivity index (χ1n) is 9.23. The summed E-state index contributed by atoms with van der Waals surface area (Å²) in [7, 11) is 0. The molecule has 0 aliphatic heterocycles. The highest BCUT2D eigenvalue weighted by molar-refractivity contribution is 5.93. The van der Waals surface area contributed by atoms with Gasteiger partial charge in [0.25, 0.3) is 0 Å². The van der Waals surface area contributed by atoms with Crippen LogP contribution in [-0.4, -0.2) is 23.5 Å². The average molecular weight is 326 g/mol. The van der Waals surface area contributed by atoms with Crippen molar-refractivity contribution in [1.29, 1.82) is 0 Å². The molecule has 2 aromatic rings. The molecule has 2 aliphatic carbocycles. The van der Waals surface area contributed by atoms with Gasteiger partial charge in [-0.2, -0.15) is 0 Å². The van der Waals surface area contributed by atoms with Crippen molar-refractivity contribution in [3.63, 3.8) is 0 Å². The van der Waals surface area contributed by atoms with E-state index in [1.165, 1.54) is 38.5 Å². The van der Waals surface area contributed by atoms with Gasteiger partial charge in [0.1, 0.15) is 5.75 Å². The van der Waals surface area contributed by atoms with Gasteiger partial charge in [0.15, 0.2) is 0 Å². The Morgan fingerprint density at radius 2 is 2.17 bits per heavy atom. The second-order valence-electron chi connectivity index (χ2n) is 7.35. The molecule has 128 valence electrons. The molecule has 2 fully saturated rings. The minimum absolute atomic E-state index is 0.134. The van der Waals surface area contributed by atoms with Gasteiger partial charge in [-0.05, 0) is 49.3 Å². The van der Waals surface area contributed by atoms with Crippen LogP contribution >= 0.6 is 0 Å². The van der Waals surface area contributed by atoms with Crippen molar-refractivity contribution < 1.29 is 9.53 Å². The Morgan fingerprint density at radius 1 is 1.33 bits per heavy atom. The topological polar surface area (TPSA) is 54.1 Å². The van der Waals surface area contributed by atoms with Crippen LogP contribution in [0.15, 0.2) is 24.4 Å². The van der Waals surface area contributed by atoms with Crippen LogP contribution in [-0.2, 0) is 11.2 Å². The van der Waals surface area contributed by atoms with Gasteiger partial charge in [-0.3, -0.25) is 4.79 Å². The molecule has 1 aromatic heterocycles. The summed E-state index contributed by atoms with van der Waals surface area (Å²) in [5.41, 5.74) is 2.48. The highest BCUT2D eigenvalue weighted by atomic mass is 16.5. The van der Waals surface area contributed by atoms with Crippen LogP contribution in [0.2, 0.25) is 0 Å². The van der Waals surface area contributed by atoms with Crippen molar-refractivity contribution in [3.8, 4) is 5.75 Å². The third-order valence-electron chi connectivity index (χ3n) is 5.77. The van der Waals surface area contributed by atoms with Crippen LogP contribution in [0.5, 0.6) is 5.75 Å². The summed E-state index contributed by atoms with van der Waals surface area (Å²) in [5, 5.41) is 4.31. The van der Waals surface area contributed by atoms with Crippen LogP contribution in [0.1, 0.15) is 51.0 Å². The largest absolute Gasteiger partial charge is 0.493 e. The Labute approximate surface area is 143 Å². The first-order valence-corrected chi connectivity index (χ1v) is 9.23. The fraction of sp³-hybridized carbons (Fsp3) is 0.550. The minimum Gasteiger partial charge on any atom is -0.493 e. The van der Waals surface area contributed by atoms with Gasteiger partial charge in [0.05, 0.1) is 13.0 Å². The molecule has 1 atom stereocenters. The van der Waals surface area contributed by atoms with Gasteiger partial charge in [-0.15, -0.1) is 0 Å². The van der Waals surface area contributed by atoms with Crippen LogP contribution in [0.3, 0.4) is 0 Å². The van der Waals surface area contributed by atoms with E-state index in [1.54, 1.807) is 0 Å². The van der Waals surface area contributed by atoms with Gasteiger partial charge in [0, 0.05) is 23.1 Å². The average Bonchev–Trinajstić information content (AvgIpc) is 3.04. The normalized spacial score (nSPS) is 21.8. The lowest BCUT2D eigenvalue weighted by Crippen LogP contribution is -2.31. The number of carbonyl (C=O) groups excluding carboxylic acids is 1. The summed E-state index contributed by atoms with van der Waals surface area (Å²) in [6.45, 7) is 2.61. The van der Waals surface area contributed by atoms with Crippen LogP contribution in [0, 0.1) is 5.41 Å². The highest BCUT2D eigenvalue weighted by Gasteiger charge is 2.54. The monoisotopic (exact) mass is 326 g/mol. The molecule has 1 amide bonds. The quantitative estimate of drug-likeness (QED) is 0.874. The molecule has 0 bridgehead atoms. The van der Waals surface area contributed by atoms with E-state index >= 15 is 0 Å². The number of carbonyl (C=O) groups is 1. The fourth-order valence-corrected chi connectivity index (χ4v) is 4.41. The number of benzene rings is 1. The maximum absolute atomic E-state index is 12.5. The molecule has 24 heavy (non-hydrogen) atoms. The van der Waals surface area contributed by atoms with Gasteiger partial charge in [0.2, 0.25) is 5.91 Å². The standard InChI is InChI=1S/C20H26N2O2/c1-2-24-16-8-6-7-15-19(16)14(13-21-15)11-18(23)22-17-12-20(17)9-4-3-5-10-20/h6-8,13,17,21H,2-5,9-12H2,1H3,(H,22,23). The number of fused-ring (bicyclic) bond motifs is 1. The summed E-state index contributed by atoms with van der Waals surface area (Å²) in [6.07, 6.45) is 10.1. The number of amides is 1. The smallest absolute Gasteiger partial charge is 0.224 e. The second kappa shape index (κ2) is 6.15. The van der Waals surface area contributed by atoms with Crippen molar-refractivity contribution in [2.45, 2.75) is 57.9 Å². The number of nitrogens with one attached hydrogen (secondary N) is 2. The van der Waals surface area contributed by atoms with Crippen molar-refractivity contribution in [3.05, 3.63) is 30.0 Å². The van der Waals surface area contributed by atoms with E-state index in [0.717, 1.165) is 22.2 Å². The third-order valence-corrected chi connectivity index (χ3v) is 5.77. The van der Waals surface area contributed by atoms with Crippen molar-refractivity contribution >= 4 is 16.8 Å². The third kappa shape index (κ3) is 2.79. The number of hydrogen-bond acceptors (Lipinski definition) is 2. The highest BCUT2D eigenvalue weighted by Crippen LogP contribution is 2.56. The van der Waals surface area contributed by atoms with Gasteiger partial charge >= 0.3 is 0 Å². The van der Waals surface area contributed by atoms with Crippen LogP contribution in [0.4, 0.5) is 0 Å². The maximum atomic E-state index is 12.5. The lowest BCUT2D eigenvalue weighted by Gasteiger charge is -2.22.